The van der Waals surface area contributed by atoms with Crippen LogP contribution in [0.15, 0.2) is 42.6 Å². The second-order valence-electron chi connectivity index (χ2n) is 3.20. The highest BCUT2D eigenvalue weighted by atomic mass is 35.5. The summed E-state index contributed by atoms with van der Waals surface area (Å²) in [6.45, 7) is 0. The molecular formula is C12H7Cl2NO. The smallest absolute Gasteiger partial charge is 0.255 e. The van der Waals surface area contributed by atoms with E-state index in [-0.39, 0.29) is 10.7 Å². The van der Waals surface area contributed by atoms with Crippen molar-refractivity contribution in [2.24, 2.45) is 0 Å². The third-order valence-corrected chi connectivity index (χ3v) is 2.66. The topological polar surface area (TPSA) is 30.0 Å². The summed E-state index contributed by atoms with van der Waals surface area (Å²) in [6, 6.07) is 11.2. The van der Waals surface area contributed by atoms with Crippen LogP contribution < -0.4 is 0 Å². The van der Waals surface area contributed by atoms with Crippen molar-refractivity contribution in [1.29, 1.82) is 0 Å². The number of nitrogens with zero attached hydrogens (tertiary/aromatic N) is 1. The lowest BCUT2D eigenvalue weighted by atomic mass is 10.1. The Balaban J connectivity index is 2.52. The highest BCUT2D eigenvalue weighted by molar-refractivity contribution is 6.68. The zero-order chi connectivity index (χ0) is 11.5. The molecule has 2 rings (SSSR count). The lowest BCUT2D eigenvalue weighted by Gasteiger charge is -2.03. The summed E-state index contributed by atoms with van der Waals surface area (Å²) in [6.07, 6.45) is 1.61. The molecule has 80 valence electrons. The van der Waals surface area contributed by atoms with E-state index in [9.17, 15) is 4.79 Å². The summed E-state index contributed by atoms with van der Waals surface area (Å²) in [4.78, 5) is 15.0. The molecule has 0 spiro atoms. The van der Waals surface area contributed by atoms with Crippen LogP contribution in [0.5, 0.6) is 0 Å². The minimum atomic E-state index is -0.602. The second kappa shape index (κ2) is 4.64. The van der Waals surface area contributed by atoms with Crippen LogP contribution in [0.4, 0.5) is 0 Å². The van der Waals surface area contributed by atoms with E-state index in [1.165, 1.54) is 0 Å². The van der Waals surface area contributed by atoms with Crippen molar-refractivity contribution < 1.29 is 4.79 Å². The van der Waals surface area contributed by atoms with Gasteiger partial charge in [0.15, 0.2) is 0 Å². The molecule has 0 bridgehead atoms. The molecule has 0 aliphatic carbocycles. The van der Waals surface area contributed by atoms with Crippen molar-refractivity contribution in [3.8, 4) is 11.1 Å². The number of carbonyl (C=O) groups excluding carboxylic acids is 1. The molecule has 0 atom stereocenters. The van der Waals surface area contributed by atoms with Crippen LogP contribution in [0.2, 0.25) is 5.15 Å². The SMILES string of the molecule is O=C(Cl)c1cc(-c2ccccc2)cnc1Cl. The van der Waals surface area contributed by atoms with Crippen molar-refractivity contribution in [2.75, 3.05) is 0 Å². The number of hydrogen-bond donors (Lipinski definition) is 0. The fourth-order valence-corrected chi connectivity index (χ4v) is 1.76. The van der Waals surface area contributed by atoms with E-state index in [4.69, 9.17) is 23.2 Å². The third-order valence-electron chi connectivity index (χ3n) is 2.16. The molecule has 0 radical (unpaired) electrons. The first-order valence-electron chi connectivity index (χ1n) is 4.59. The Morgan fingerprint density at radius 1 is 1.12 bits per heavy atom. The second-order valence-corrected chi connectivity index (χ2v) is 3.90. The van der Waals surface area contributed by atoms with Crippen LogP contribution in [0.25, 0.3) is 11.1 Å². The van der Waals surface area contributed by atoms with Gasteiger partial charge in [0.2, 0.25) is 0 Å². The minimum absolute atomic E-state index is 0.125. The maximum Gasteiger partial charge on any atom is 0.255 e. The van der Waals surface area contributed by atoms with E-state index >= 15 is 0 Å². The maximum atomic E-state index is 11.1. The first kappa shape index (κ1) is 11.1. The van der Waals surface area contributed by atoms with E-state index in [0.717, 1.165) is 11.1 Å². The van der Waals surface area contributed by atoms with Gasteiger partial charge < -0.3 is 0 Å². The zero-order valence-corrected chi connectivity index (χ0v) is 9.66. The van der Waals surface area contributed by atoms with E-state index in [2.05, 4.69) is 4.98 Å². The molecule has 0 fully saturated rings. The average molecular weight is 252 g/mol. The molecular weight excluding hydrogens is 245 g/mol. The molecule has 0 unspecified atom stereocenters. The number of aromatic nitrogens is 1. The van der Waals surface area contributed by atoms with Crippen LogP contribution >= 0.6 is 23.2 Å². The van der Waals surface area contributed by atoms with Crippen LogP contribution in [0.1, 0.15) is 10.4 Å². The van der Waals surface area contributed by atoms with Gasteiger partial charge in [0.25, 0.3) is 5.24 Å². The first-order chi connectivity index (χ1) is 7.68. The summed E-state index contributed by atoms with van der Waals surface area (Å²) < 4.78 is 0. The average Bonchev–Trinajstić information content (AvgIpc) is 2.30. The predicted octanol–water partition coefficient (Wildman–Crippen LogP) is 3.78. The van der Waals surface area contributed by atoms with Crippen LogP contribution in [0.3, 0.4) is 0 Å². The van der Waals surface area contributed by atoms with Gasteiger partial charge >= 0.3 is 0 Å². The van der Waals surface area contributed by atoms with Crippen molar-refractivity contribution in [1.82, 2.24) is 4.98 Å². The summed E-state index contributed by atoms with van der Waals surface area (Å²) in [5.74, 6) is 0. The Labute approximate surface area is 103 Å². The van der Waals surface area contributed by atoms with E-state index in [1.807, 2.05) is 30.3 Å². The van der Waals surface area contributed by atoms with Crippen molar-refractivity contribution in [3.05, 3.63) is 53.3 Å². The third kappa shape index (κ3) is 2.23. The van der Waals surface area contributed by atoms with Crippen molar-refractivity contribution >= 4 is 28.4 Å². The summed E-state index contributed by atoms with van der Waals surface area (Å²) >= 11 is 11.2. The Hall–Kier alpha value is -1.38. The van der Waals surface area contributed by atoms with Gasteiger partial charge in [-0.25, -0.2) is 4.98 Å². The first-order valence-corrected chi connectivity index (χ1v) is 5.35. The molecule has 2 aromatic rings. The molecule has 0 amide bonds. The largest absolute Gasteiger partial charge is 0.275 e. The zero-order valence-electron chi connectivity index (χ0n) is 8.15. The Morgan fingerprint density at radius 3 is 2.44 bits per heavy atom. The molecule has 4 heteroatoms. The normalized spacial score (nSPS) is 10.1. The molecule has 16 heavy (non-hydrogen) atoms. The lowest BCUT2D eigenvalue weighted by molar-refractivity contribution is 0.108. The van der Waals surface area contributed by atoms with Crippen molar-refractivity contribution in [3.63, 3.8) is 0 Å². The number of pyridine rings is 1. The standard InChI is InChI=1S/C12H7Cl2NO/c13-11-10(12(14)16)6-9(7-15-11)8-4-2-1-3-5-8/h1-7H. The van der Waals surface area contributed by atoms with Gasteiger partial charge in [-0.3, -0.25) is 4.79 Å². The monoisotopic (exact) mass is 251 g/mol. The van der Waals surface area contributed by atoms with E-state index in [0.29, 0.717) is 0 Å². The number of carbonyl (C=O) groups is 1. The highest BCUT2D eigenvalue weighted by Crippen LogP contribution is 2.23. The van der Waals surface area contributed by atoms with Gasteiger partial charge in [0.1, 0.15) is 5.15 Å². The molecule has 0 aliphatic heterocycles. The number of halogens is 2. The highest BCUT2D eigenvalue weighted by Gasteiger charge is 2.10. The van der Waals surface area contributed by atoms with E-state index in [1.54, 1.807) is 12.3 Å². The van der Waals surface area contributed by atoms with Crippen LogP contribution in [0, 0.1) is 0 Å². The molecule has 1 aromatic heterocycles. The van der Waals surface area contributed by atoms with Gasteiger partial charge in [-0.2, -0.15) is 0 Å². The van der Waals surface area contributed by atoms with Gasteiger partial charge in [-0.15, -0.1) is 0 Å². The molecule has 0 saturated heterocycles. The van der Waals surface area contributed by atoms with Crippen LogP contribution in [-0.2, 0) is 0 Å². The molecule has 1 heterocycles. The molecule has 1 aromatic carbocycles. The minimum Gasteiger partial charge on any atom is -0.275 e. The molecule has 0 N–H and O–H groups in total. The van der Waals surface area contributed by atoms with Gasteiger partial charge in [-0.05, 0) is 23.2 Å². The predicted molar refractivity (Wildman–Crippen MR) is 64.9 cm³/mol. The summed E-state index contributed by atoms with van der Waals surface area (Å²) in [7, 11) is 0. The van der Waals surface area contributed by atoms with Gasteiger partial charge in [0, 0.05) is 11.8 Å². The Kier molecular flexibility index (Phi) is 3.22. The van der Waals surface area contributed by atoms with Gasteiger partial charge in [-0.1, -0.05) is 41.9 Å². The van der Waals surface area contributed by atoms with Gasteiger partial charge in [0.05, 0.1) is 5.56 Å². The number of benzene rings is 1. The summed E-state index contributed by atoms with van der Waals surface area (Å²) in [5, 5.41) is -0.477. The molecule has 0 aliphatic rings. The van der Waals surface area contributed by atoms with Crippen molar-refractivity contribution in [2.45, 2.75) is 0 Å². The fourth-order valence-electron chi connectivity index (χ4n) is 1.37. The maximum absolute atomic E-state index is 11.1. The number of hydrogen-bond acceptors (Lipinski definition) is 2. The Morgan fingerprint density at radius 2 is 1.81 bits per heavy atom. The molecule has 0 saturated carbocycles. The fraction of sp³-hybridized carbons (Fsp3) is 0. The Bertz CT molecular complexity index is 526. The molecule has 2 nitrogen and oxygen atoms in total. The van der Waals surface area contributed by atoms with E-state index < -0.39 is 5.24 Å². The summed E-state index contributed by atoms with van der Waals surface area (Å²) in [5.41, 5.74) is 2.00. The number of rotatable bonds is 2. The lowest BCUT2D eigenvalue weighted by Crippen LogP contribution is -1.93. The van der Waals surface area contributed by atoms with Crippen LogP contribution in [-0.4, -0.2) is 10.2 Å². The quantitative estimate of drug-likeness (QED) is 0.601.